The standard InChI is InChI=1S/C24H34N4O2.HI/c1-5-25-24(26-17-16-19-10-14-22(30-4)15-11-19)27-18-20-8-12-21(13-9-20)23(29)28(6-2)7-3;/h8-15H,5-7,16-18H2,1-4H3,(H2,25,26,27);1H. The van der Waals surface area contributed by atoms with Crippen LogP contribution in [0.1, 0.15) is 42.3 Å². The Morgan fingerprint density at radius 3 is 2.10 bits per heavy atom. The van der Waals surface area contributed by atoms with E-state index < -0.39 is 0 Å². The number of amides is 1. The van der Waals surface area contributed by atoms with Crippen molar-refractivity contribution in [2.45, 2.75) is 33.7 Å². The van der Waals surface area contributed by atoms with Crippen LogP contribution in [0.15, 0.2) is 53.5 Å². The van der Waals surface area contributed by atoms with E-state index in [9.17, 15) is 4.79 Å². The molecule has 0 aliphatic heterocycles. The predicted octanol–water partition coefficient (Wildman–Crippen LogP) is 4.09. The van der Waals surface area contributed by atoms with Gasteiger partial charge in [0.15, 0.2) is 5.96 Å². The summed E-state index contributed by atoms with van der Waals surface area (Å²) < 4.78 is 5.20. The summed E-state index contributed by atoms with van der Waals surface area (Å²) in [7, 11) is 1.67. The molecule has 0 aromatic heterocycles. The first kappa shape index (κ1) is 26.7. The number of halogens is 1. The van der Waals surface area contributed by atoms with E-state index >= 15 is 0 Å². The van der Waals surface area contributed by atoms with Crippen LogP contribution in [0.2, 0.25) is 0 Å². The van der Waals surface area contributed by atoms with E-state index in [4.69, 9.17) is 4.74 Å². The van der Waals surface area contributed by atoms with Crippen LogP contribution in [0.4, 0.5) is 0 Å². The van der Waals surface area contributed by atoms with Crippen LogP contribution in [0.3, 0.4) is 0 Å². The second kappa shape index (κ2) is 14.7. The van der Waals surface area contributed by atoms with E-state index in [1.807, 2.05) is 62.1 Å². The molecule has 31 heavy (non-hydrogen) atoms. The molecule has 0 aliphatic carbocycles. The van der Waals surface area contributed by atoms with Gasteiger partial charge in [-0.25, -0.2) is 4.99 Å². The van der Waals surface area contributed by atoms with Gasteiger partial charge in [-0.3, -0.25) is 4.79 Å². The fraction of sp³-hybridized carbons (Fsp3) is 0.417. The minimum absolute atomic E-state index is 0. The van der Waals surface area contributed by atoms with Crippen molar-refractivity contribution in [3.05, 3.63) is 65.2 Å². The molecule has 0 heterocycles. The molecule has 0 bridgehead atoms. The fourth-order valence-corrected chi connectivity index (χ4v) is 3.08. The summed E-state index contributed by atoms with van der Waals surface area (Å²) in [5, 5.41) is 6.65. The molecule has 170 valence electrons. The summed E-state index contributed by atoms with van der Waals surface area (Å²) in [5.74, 6) is 1.73. The number of benzene rings is 2. The smallest absolute Gasteiger partial charge is 0.253 e. The van der Waals surface area contributed by atoms with Crippen LogP contribution in [0, 0.1) is 0 Å². The van der Waals surface area contributed by atoms with Gasteiger partial charge in [-0.1, -0.05) is 24.3 Å². The van der Waals surface area contributed by atoms with Crippen molar-refractivity contribution in [3.63, 3.8) is 0 Å². The molecule has 0 radical (unpaired) electrons. The Kier molecular flexibility index (Phi) is 12.7. The quantitative estimate of drug-likeness (QED) is 0.272. The Bertz CT molecular complexity index is 803. The van der Waals surface area contributed by atoms with Crippen LogP contribution in [-0.2, 0) is 13.0 Å². The van der Waals surface area contributed by atoms with Crippen LogP contribution in [0.5, 0.6) is 5.75 Å². The van der Waals surface area contributed by atoms with Gasteiger partial charge in [0.05, 0.1) is 13.7 Å². The van der Waals surface area contributed by atoms with Crippen molar-refractivity contribution >= 4 is 35.8 Å². The lowest BCUT2D eigenvalue weighted by molar-refractivity contribution is 0.0773. The van der Waals surface area contributed by atoms with Gasteiger partial charge in [0.2, 0.25) is 0 Å². The highest BCUT2D eigenvalue weighted by Gasteiger charge is 2.11. The largest absolute Gasteiger partial charge is 0.497 e. The molecule has 7 heteroatoms. The molecule has 1 amide bonds. The first-order chi connectivity index (χ1) is 14.6. The van der Waals surface area contributed by atoms with E-state index in [0.717, 1.165) is 55.4 Å². The summed E-state index contributed by atoms with van der Waals surface area (Å²) in [5.41, 5.74) is 3.03. The molecular weight excluding hydrogens is 503 g/mol. The lowest BCUT2D eigenvalue weighted by atomic mass is 10.1. The minimum Gasteiger partial charge on any atom is -0.497 e. The number of aliphatic imine (C=N–C) groups is 1. The van der Waals surface area contributed by atoms with Gasteiger partial charge in [-0.15, -0.1) is 24.0 Å². The highest BCUT2D eigenvalue weighted by atomic mass is 127. The molecular formula is C24H35IN4O2. The summed E-state index contributed by atoms with van der Waals surface area (Å²) in [6, 6.07) is 15.8. The Balaban J connectivity index is 0.00000480. The molecule has 0 spiro atoms. The molecule has 2 aromatic carbocycles. The monoisotopic (exact) mass is 538 g/mol. The number of carbonyl (C=O) groups is 1. The zero-order valence-electron chi connectivity index (χ0n) is 19.0. The van der Waals surface area contributed by atoms with Crippen LogP contribution < -0.4 is 15.4 Å². The topological polar surface area (TPSA) is 66.0 Å². The number of nitrogens with one attached hydrogen (secondary N) is 2. The maximum atomic E-state index is 12.4. The van der Waals surface area contributed by atoms with Crippen LogP contribution in [0.25, 0.3) is 0 Å². The fourth-order valence-electron chi connectivity index (χ4n) is 3.08. The Morgan fingerprint density at radius 2 is 1.55 bits per heavy atom. The number of hydrogen-bond donors (Lipinski definition) is 2. The second-order valence-corrected chi connectivity index (χ2v) is 6.89. The van der Waals surface area contributed by atoms with Gasteiger partial charge in [0, 0.05) is 31.7 Å². The highest BCUT2D eigenvalue weighted by Crippen LogP contribution is 2.11. The van der Waals surface area contributed by atoms with Gasteiger partial charge < -0.3 is 20.3 Å². The molecule has 6 nitrogen and oxygen atoms in total. The zero-order valence-corrected chi connectivity index (χ0v) is 21.3. The zero-order chi connectivity index (χ0) is 21.8. The van der Waals surface area contributed by atoms with Gasteiger partial charge >= 0.3 is 0 Å². The Morgan fingerprint density at radius 1 is 0.935 bits per heavy atom. The van der Waals surface area contributed by atoms with Crippen molar-refractivity contribution in [2.75, 3.05) is 33.3 Å². The number of methoxy groups -OCH3 is 1. The van der Waals surface area contributed by atoms with Gasteiger partial charge in [-0.05, 0) is 62.6 Å². The minimum atomic E-state index is 0. The van der Waals surface area contributed by atoms with Crippen LogP contribution >= 0.6 is 24.0 Å². The van der Waals surface area contributed by atoms with E-state index in [-0.39, 0.29) is 29.9 Å². The Hall–Kier alpha value is -2.29. The number of ether oxygens (including phenoxy) is 1. The average Bonchev–Trinajstić information content (AvgIpc) is 2.79. The van der Waals surface area contributed by atoms with Crippen molar-refractivity contribution in [1.82, 2.24) is 15.5 Å². The lowest BCUT2D eigenvalue weighted by Crippen LogP contribution is -2.38. The molecule has 0 aliphatic rings. The van der Waals surface area contributed by atoms with Crippen molar-refractivity contribution in [1.29, 1.82) is 0 Å². The normalized spacial score (nSPS) is 10.8. The number of guanidine groups is 1. The molecule has 0 atom stereocenters. The average molecular weight is 538 g/mol. The highest BCUT2D eigenvalue weighted by molar-refractivity contribution is 14.0. The summed E-state index contributed by atoms with van der Waals surface area (Å²) in [4.78, 5) is 18.9. The SMILES string of the molecule is CCNC(=NCc1ccc(C(=O)N(CC)CC)cc1)NCCc1ccc(OC)cc1.I. The molecule has 0 saturated heterocycles. The number of hydrogen-bond acceptors (Lipinski definition) is 3. The number of rotatable bonds is 10. The third-order valence-electron chi connectivity index (χ3n) is 4.88. The summed E-state index contributed by atoms with van der Waals surface area (Å²) in [6.07, 6.45) is 0.899. The molecule has 0 fully saturated rings. The molecule has 2 aromatic rings. The van der Waals surface area contributed by atoms with Crippen molar-refractivity contribution < 1.29 is 9.53 Å². The van der Waals surface area contributed by atoms with Gasteiger partial charge in [0.25, 0.3) is 5.91 Å². The van der Waals surface area contributed by atoms with E-state index in [0.29, 0.717) is 6.54 Å². The van der Waals surface area contributed by atoms with Crippen LogP contribution in [-0.4, -0.2) is 50.1 Å². The summed E-state index contributed by atoms with van der Waals surface area (Å²) in [6.45, 7) is 9.61. The van der Waals surface area contributed by atoms with E-state index in [2.05, 4.69) is 27.8 Å². The van der Waals surface area contributed by atoms with E-state index in [1.165, 1.54) is 5.56 Å². The molecule has 0 saturated carbocycles. The molecule has 0 unspecified atom stereocenters. The number of carbonyl (C=O) groups excluding carboxylic acids is 1. The molecule has 2 N–H and O–H groups in total. The predicted molar refractivity (Wildman–Crippen MR) is 139 cm³/mol. The lowest BCUT2D eigenvalue weighted by Gasteiger charge is -2.18. The third-order valence-corrected chi connectivity index (χ3v) is 4.88. The third kappa shape index (κ3) is 8.77. The Labute approximate surface area is 203 Å². The first-order valence-corrected chi connectivity index (χ1v) is 10.6. The van der Waals surface area contributed by atoms with Gasteiger partial charge in [-0.2, -0.15) is 0 Å². The second-order valence-electron chi connectivity index (χ2n) is 6.89. The van der Waals surface area contributed by atoms with E-state index in [1.54, 1.807) is 7.11 Å². The maximum Gasteiger partial charge on any atom is 0.253 e. The first-order valence-electron chi connectivity index (χ1n) is 10.6. The van der Waals surface area contributed by atoms with Crippen molar-refractivity contribution in [2.24, 2.45) is 4.99 Å². The number of nitrogens with zero attached hydrogens (tertiary/aromatic N) is 2. The van der Waals surface area contributed by atoms with Crippen molar-refractivity contribution in [3.8, 4) is 5.75 Å². The van der Waals surface area contributed by atoms with Gasteiger partial charge in [0.1, 0.15) is 5.75 Å². The maximum absolute atomic E-state index is 12.4. The molecule has 2 rings (SSSR count). The summed E-state index contributed by atoms with van der Waals surface area (Å²) >= 11 is 0.